The number of aromatic nitrogens is 1. The molecule has 1 atom stereocenters. The molecular formula is C22H25FN2O. The molecule has 1 aromatic heterocycles. The Kier molecular flexibility index (Phi) is 4.55. The smallest absolute Gasteiger partial charge is 0.129 e. The van der Waals surface area contributed by atoms with Gasteiger partial charge in [0.2, 0.25) is 0 Å². The van der Waals surface area contributed by atoms with E-state index >= 15 is 0 Å². The second-order valence-corrected chi connectivity index (χ2v) is 7.40. The first-order chi connectivity index (χ1) is 12.5. The van der Waals surface area contributed by atoms with Gasteiger partial charge < -0.3 is 14.6 Å². The third-order valence-corrected chi connectivity index (χ3v) is 5.54. The number of hydrogen-bond donors (Lipinski definition) is 1. The fourth-order valence-electron chi connectivity index (χ4n) is 4.09. The third kappa shape index (κ3) is 3.04. The average Bonchev–Trinajstić information content (AvgIpc) is 2.76. The van der Waals surface area contributed by atoms with E-state index in [1.807, 2.05) is 0 Å². The van der Waals surface area contributed by atoms with Crippen LogP contribution >= 0.6 is 0 Å². The van der Waals surface area contributed by atoms with E-state index in [1.54, 1.807) is 18.2 Å². The monoisotopic (exact) mass is 352 g/mol. The van der Waals surface area contributed by atoms with Crippen LogP contribution < -0.4 is 0 Å². The van der Waals surface area contributed by atoms with Gasteiger partial charge in [0.25, 0.3) is 0 Å². The number of nitrogens with zero attached hydrogens (tertiary/aromatic N) is 2. The Labute approximate surface area is 153 Å². The number of likely N-dealkylation sites (N-methyl/N-ethyl adjacent to an activating group) is 1. The van der Waals surface area contributed by atoms with Crippen molar-refractivity contribution in [3.63, 3.8) is 0 Å². The number of aryl methyl sites for hydroxylation is 1. The number of halogens is 1. The molecule has 1 aliphatic rings. The zero-order chi connectivity index (χ0) is 18.3. The van der Waals surface area contributed by atoms with Crippen LogP contribution in [0.1, 0.15) is 28.5 Å². The zero-order valence-electron chi connectivity index (χ0n) is 15.4. The van der Waals surface area contributed by atoms with Gasteiger partial charge in [0, 0.05) is 41.7 Å². The minimum Gasteiger partial charge on any atom is -0.386 e. The zero-order valence-corrected chi connectivity index (χ0v) is 15.4. The molecule has 3 nitrogen and oxygen atoms in total. The van der Waals surface area contributed by atoms with E-state index in [2.05, 4.69) is 41.6 Å². The van der Waals surface area contributed by atoms with Gasteiger partial charge in [0.05, 0.1) is 12.6 Å². The predicted octanol–water partition coefficient (Wildman–Crippen LogP) is 3.85. The number of aliphatic hydroxyl groups is 1. The first-order valence-corrected chi connectivity index (χ1v) is 9.26. The molecule has 4 heteroatoms. The Balaban J connectivity index is 1.80. The molecule has 0 radical (unpaired) electrons. The maximum absolute atomic E-state index is 14.1. The summed E-state index contributed by atoms with van der Waals surface area (Å²) in [5.41, 5.74) is 5.41. The lowest BCUT2D eigenvalue weighted by atomic mass is 10.1. The van der Waals surface area contributed by atoms with E-state index in [0.717, 1.165) is 31.4 Å². The number of aliphatic hydroxyl groups excluding tert-OH is 1. The number of rotatable bonds is 3. The van der Waals surface area contributed by atoms with Gasteiger partial charge in [-0.05, 0) is 44.2 Å². The van der Waals surface area contributed by atoms with Gasteiger partial charge in [-0.25, -0.2) is 4.39 Å². The molecule has 0 aliphatic carbocycles. The van der Waals surface area contributed by atoms with Crippen LogP contribution in [-0.2, 0) is 19.4 Å². The molecule has 0 bridgehead atoms. The molecule has 136 valence electrons. The predicted molar refractivity (Wildman–Crippen MR) is 103 cm³/mol. The van der Waals surface area contributed by atoms with Crippen molar-refractivity contribution in [1.29, 1.82) is 0 Å². The molecule has 0 saturated carbocycles. The van der Waals surface area contributed by atoms with E-state index in [0.29, 0.717) is 12.1 Å². The number of benzene rings is 2. The minimum atomic E-state index is -0.863. The third-order valence-electron chi connectivity index (χ3n) is 5.54. The molecule has 1 unspecified atom stereocenters. The average molecular weight is 352 g/mol. The van der Waals surface area contributed by atoms with Crippen molar-refractivity contribution >= 4 is 10.9 Å². The highest BCUT2D eigenvalue weighted by molar-refractivity contribution is 5.86. The summed E-state index contributed by atoms with van der Waals surface area (Å²) in [7, 11) is 2.15. The van der Waals surface area contributed by atoms with Crippen molar-refractivity contribution in [3.05, 3.63) is 70.7 Å². The van der Waals surface area contributed by atoms with Crippen LogP contribution in [0.25, 0.3) is 10.9 Å². The van der Waals surface area contributed by atoms with Crippen LogP contribution in [0.3, 0.4) is 0 Å². The molecule has 1 N–H and O–H groups in total. The highest BCUT2D eigenvalue weighted by atomic mass is 19.1. The van der Waals surface area contributed by atoms with Crippen molar-refractivity contribution in [2.75, 3.05) is 20.1 Å². The summed E-state index contributed by atoms with van der Waals surface area (Å²) in [6, 6.07) is 13.0. The summed E-state index contributed by atoms with van der Waals surface area (Å²) in [4.78, 5) is 2.35. The Hall–Kier alpha value is -2.17. The van der Waals surface area contributed by atoms with E-state index in [-0.39, 0.29) is 5.82 Å². The molecule has 1 aliphatic heterocycles. The Bertz CT molecular complexity index is 947. The van der Waals surface area contributed by atoms with Crippen molar-refractivity contribution in [1.82, 2.24) is 9.47 Å². The highest BCUT2D eigenvalue weighted by Gasteiger charge is 2.23. The van der Waals surface area contributed by atoms with Crippen LogP contribution in [0.15, 0.2) is 42.5 Å². The van der Waals surface area contributed by atoms with Crippen molar-refractivity contribution in [2.45, 2.75) is 32.4 Å². The van der Waals surface area contributed by atoms with Crippen molar-refractivity contribution < 1.29 is 9.50 Å². The lowest BCUT2D eigenvalue weighted by Gasteiger charge is -2.18. The molecule has 0 amide bonds. The minimum absolute atomic E-state index is 0.349. The van der Waals surface area contributed by atoms with Crippen LogP contribution in [-0.4, -0.2) is 34.7 Å². The van der Waals surface area contributed by atoms with Crippen molar-refractivity contribution in [2.24, 2.45) is 0 Å². The molecule has 2 aromatic carbocycles. The van der Waals surface area contributed by atoms with E-state index in [1.165, 1.54) is 28.3 Å². The summed E-state index contributed by atoms with van der Waals surface area (Å²) in [6.45, 7) is 4.52. The quantitative estimate of drug-likeness (QED) is 0.775. The molecule has 3 aromatic rings. The van der Waals surface area contributed by atoms with Gasteiger partial charge in [0.1, 0.15) is 5.82 Å². The van der Waals surface area contributed by atoms with Crippen LogP contribution in [0.2, 0.25) is 0 Å². The van der Waals surface area contributed by atoms with Crippen LogP contribution in [0.5, 0.6) is 0 Å². The fourth-order valence-corrected chi connectivity index (χ4v) is 4.09. The van der Waals surface area contributed by atoms with Gasteiger partial charge in [-0.1, -0.05) is 29.8 Å². The van der Waals surface area contributed by atoms with Crippen LogP contribution in [0.4, 0.5) is 4.39 Å². The molecule has 0 spiro atoms. The molecule has 2 heterocycles. The summed E-state index contributed by atoms with van der Waals surface area (Å²) in [5.74, 6) is -0.349. The van der Waals surface area contributed by atoms with Gasteiger partial charge in [0.15, 0.2) is 0 Å². The largest absolute Gasteiger partial charge is 0.386 e. The first kappa shape index (κ1) is 17.3. The van der Waals surface area contributed by atoms with Crippen molar-refractivity contribution in [3.8, 4) is 0 Å². The molecule has 0 saturated heterocycles. The number of fused-ring (bicyclic) bond motifs is 3. The molecule has 26 heavy (non-hydrogen) atoms. The fraction of sp³-hybridized carbons (Fsp3) is 0.364. The SMILES string of the molecule is Cc1ccc2c(c1)c1c(n2CC(O)c2ccccc2F)CCN(C)CC1. The lowest BCUT2D eigenvalue weighted by molar-refractivity contribution is 0.152. The highest BCUT2D eigenvalue weighted by Crippen LogP contribution is 2.32. The summed E-state index contributed by atoms with van der Waals surface area (Å²) in [6.07, 6.45) is 1.09. The molecule has 4 rings (SSSR count). The maximum atomic E-state index is 14.1. The van der Waals surface area contributed by atoms with Crippen LogP contribution in [0, 0.1) is 12.7 Å². The van der Waals surface area contributed by atoms with Gasteiger partial charge in [-0.3, -0.25) is 0 Å². The lowest BCUT2D eigenvalue weighted by Crippen LogP contribution is -2.21. The summed E-state index contributed by atoms with van der Waals surface area (Å²) in [5, 5.41) is 12.0. The number of hydrogen-bond acceptors (Lipinski definition) is 2. The Morgan fingerprint density at radius 3 is 2.69 bits per heavy atom. The molecule has 0 fully saturated rings. The maximum Gasteiger partial charge on any atom is 0.129 e. The molecular weight excluding hydrogens is 327 g/mol. The second kappa shape index (κ2) is 6.86. The Morgan fingerprint density at radius 2 is 1.88 bits per heavy atom. The summed E-state index contributed by atoms with van der Waals surface area (Å²) >= 11 is 0. The normalized spacial score (nSPS) is 16.5. The Morgan fingerprint density at radius 1 is 1.12 bits per heavy atom. The van der Waals surface area contributed by atoms with E-state index in [9.17, 15) is 9.50 Å². The summed E-state index contributed by atoms with van der Waals surface area (Å²) < 4.78 is 16.3. The van der Waals surface area contributed by atoms with Gasteiger partial charge >= 0.3 is 0 Å². The second-order valence-electron chi connectivity index (χ2n) is 7.40. The standard InChI is InChI=1S/C22H25FN2O/c1-15-7-8-20-18(13-15)16-9-11-24(2)12-10-21(16)25(20)14-22(26)17-5-3-4-6-19(17)23/h3-8,13,22,26H,9-12,14H2,1-2H3. The van der Waals surface area contributed by atoms with Gasteiger partial charge in [-0.2, -0.15) is 0 Å². The topological polar surface area (TPSA) is 28.4 Å². The van der Waals surface area contributed by atoms with E-state index in [4.69, 9.17) is 0 Å². The first-order valence-electron chi connectivity index (χ1n) is 9.26. The van der Waals surface area contributed by atoms with E-state index < -0.39 is 6.10 Å². The van der Waals surface area contributed by atoms with Gasteiger partial charge in [-0.15, -0.1) is 0 Å².